The van der Waals surface area contributed by atoms with E-state index in [2.05, 4.69) is 0 Å². The molecule has 0 heterocycles. The number of nitrogens with two attached hydrogens (primary N) is 1. The number of rotatable bonds is 6. The normalized spacial score (nSPS) is 23.1. The summed E-state index contributed by atoms with van der Waals surface area (Å²) < 4.78 is 0. The smallest absolute Gasteiger partial charge is 0.305 e. The fraction of sp³-hybridized carbons (Fsp3) is 0.867. The average Bonchev–Trinajstić information content (AvgIpc) is 3.22. The second kappa shape index (κ2) is 6.12. The van der Waals surface area contributed by atoms with Crippen LogP contribution < -0.4 is 5.73 Å². The fourth-order valence-corrected chi connectivity index (χ4v) is 3.42. The summed E-state index contributed by atoms with van der Waals surface area (Å²) in [4.78, 5) is 25.3. The molecule has 1 unspecified atom stereocenters. The van der Waals surface area contributed by atoms with E-state index in [1.54, 1.807) is 11.9 Å². The van der Waals surface area contributed by atoms with E-state index in [0.29, 0.717) is 12.3 Å². The SMILES string of the molecule is CN(C(=O)CC(N)C1CC1)C1(CC(=O)O)CCCCC1. The predicted molar refractivity (Wildman–Crippen MR) is 76.2 cm³/mol. The Balaban J connectivity index is 2.02. The third-order valence-corrected chi connectivity index (χ3v) is 4.99. The number of carboxylic acid groups (broad SMARTS) is 1. The van der Waals surface area contributed by atoms with E-state index in [0.717, 1.165) is 44.9 Å². The number of amides is 1. The molecule has 20 heavy (non-hydrogen) atoms. The minimum Gasteiger partial charge on any atom is -0.481 e. The van der Waals surface area contributed by atoms with Crippen LogP contribution in [0.3, 0.4) is 0 Å². The highest BCUT2D eigenvalue weighted by atomic mass is 16.4. The standard InChI is InChI=1S/C15H26N2O3/c1-17(13(18)9-12(16)11-5-6-11)15(10-14(19)20)7-3-2-4-8-15/h11-12H,2-10,16H2,1H3,(H,19,20). The molecule has 2 aliphatic rings. The maximum Gasteiger partial charge on any atom is 0.305 e. The van der Waals surface area contributed by atoms with E-state index in [1.807, 2.05) is 0 Å². The van der Waals surface area contributed by atoms with Gasteiger partial charge in [0.15, 0.2) is 0 Å². The maximum atomic E-state index is 12.4. The molecule has 114 valence electrons. The Labute approximate surface area is 120 Å². The molecule has 0 aromatic heterocycles. The van der Waals surface area contributed by atoms with E-state index >= 15 is 0 Å². The van der Waals surface area contributed by atoms with Crippen molar-refractivity contribution in [1.82, 2.24) is 4.90 Å². The summed E-state index contributed by atoms with van der Waals surface area (Å²) in [5, 5.41) is 9.18. The molecular formula is C15H26N2O3. The van der Waals surface area contributed by atoms with Gasteiger partial charge in [0, 0.05) is 19.5 Å². The second-order valence-electron chi connectivity index (χ2n) is 6.51. The van der Waals surface area contributed by atoms with Crippen molar-refractivity contribution in [3.63, 3.8) is 0 Å². The number of nitrogens with zero attached hydrogens (tertiary/aromatic N) is 1. The van der Waals surface area contributed by atoms with Crippen LogP contribution in [-0.4, -0.2) is 40.5 Å². The molecule has 2 aliphatic carbocycles. The molecule has 5 nitrogen and oxygen atoms in total. The first-order valence-electron chi connectivity index (χ1n) is 7.69. The van der Waals surface area contributed by atoms with Gasteiger partial charge in [-0.15, -0.1) is 0 Å². The molecule has 0 bridgehead atoms. The number of aliphatic carboxylic acids is 1. The van der Waals surface area contributed by atoms with Crippen LogP contribution in [0.15, 0.2) is 0 Å². The Morgan fingerprint density at radius 2 is 1.90 bits per heavy atom. The van der Waals surface area contributed by atoms with Crippen molar-refractivity contribution in [3.05, 3.63) is 0 Å². The minimum absolute atomic E-state index is 0.00699. The summed E-state index contributed by atoms with van der Waals surface area (Å²) in [7, 11) is 1.76. The van der Waals surface area contributed by atoms with Gasteiger partial charge in [0.1, 0.15) is 0 Å². The van der Waals surface area contributed by atoms with Crippen molar-refractivity contribution in [2.45, 2.75) is 69.4 Å². The molecule has 1 amide bonds. The van der Waals surface area contributed by atoms with E-state index in [-0.39, 0.29) is 18.4 Å². The van der Waals surface area contributed by atoms with Crippen LogP contribution in [0.4, 0.5) is 0 Å². The maximum absolute atomic E-state index is 12.4. The minimum atomic E-state index is -0.821. The summed E-state index contributed by atoms with van der Waals surface area (Å²) >= 11 is 0. The molecule has 0 aromatic rings. The largest absolute Gasteiger partial charge is 0.481 e. The van der Waals surface area contributed by atoms with Crippen molar-refractivity contribution < 1.29 is 14.7 Å². The number of carbonyl (C=O) groups excluding carboxylic acids is 1. The van der Waals surface area contributed by atoms with Crippen LogP contribution in [0.1, 0.15) is 57.8 Å². The average molecular weight is 282 g/mol. The lowest BCUT2D eigenvalue weighted by molar-refractivity contribution is -0.146. The van der Waals surface area contributed by atoms with Crippen LogP contribution in [-0.2, 0) is 9.59 Å². The number of hydrogen-bond donors (Lipinski definition) is 2. The molecule has 1 atom stereocenters. The topological polar surface area (TPSA) is 83.6 Å². The van der Waals surface area contributed by atoms with Crippen molar-refractivity contribution in [3.8, 4) is 0 Å². The molecule has 0 saturated heterocycles. The molecule has 0 aromatic carbocycles. The van der Waals surface area contributed by atoms with Crippen LogP contribution >= 0.6 is 0 Å². The van der Waals surface area contributed by atoms with Crippen LogP contribution in [0.5, 0.6) is 0 Å². The van der Waals surface area contributed by atoms with Crippen molar-refractivity contribution in [2.75, 3.05) is 7.05 Å². The third kappa shape index (κ3) is 3.51. The van der Waals surface area contributed by atoms with E-state index < -0.39 is 11.5 Å². The number of carboxylic acids is 1. The quantitative estimate of drug-likeness (QED) is 0.777. The van der Waals surface area contributed by atoms with E-state index in [9.17, 15) is 14.7 Å². The lowest BCUT2D eigenvalue weighted by Crippen LogP contribution is -2.53. The first-order chi connectivity index (χ1) is 9.44. The molecule has 2 saturated carbocycles. The van der Waals surface area contributed by atoms with Crippen LogP contribution in [0.25, 0.3) is 0 Å². The van der Waals surface area contributed by atoms with Gasteiger partial charge in [-0.2, -0.15) is 0 Å². The third-order valence-electron chi connectivity index (χ3n) is 4.99. The zero-order valence-corrected chi connectivity index (χ0v) is 12.3. The second-order valence-corrected chi connectivity index (χ2v) is 6.51. The molecule has 0 radical (unpaired) electrons. The number of carbonyl (C=O) groups is 2. The predicted octanol–water partition coefficient (Wildman–Crippen LogP) is 1.75. The first kappa shape index (κ1) is 15.3. The zero-order valence-electron chi connectivity index (χ0n) is 12.3. The van der Waals surface area contributed by atoms with Crippen molar-refractivity contribution >= 4 is 11.9 Å². The molecule has 3 N–H and O–H groups in total. The lowest BCUT2D eigenvalue weighted by Gasteiger charge is -2.44. The van der Waals surface area contributed by atoms with Crippen molar-refractivity contribution in [1.29, 1.82) is 0 Å². The van der Waals surface area contributed by atoms with Gasteiger partial charge in [-0.3, -0.25) is 9.59 Å². The summed E-state index contributed by atoms with van der Waals surface area (Å²) in [6.45, 7) is 0. The Hall–Kier alpha value is -1.10. The van der Waals surface area contributed by atoms with E-state index in [1.165, 1.54) is 0 Å². The lowest BCUT2D eigenvalue weighted by atomic mass is 9.78. The number of hydrogen-bond acceptors (Lipinski definition) is 3. The summed E-state index contributed by atoms with van der Waals surface area (Å²) in [6.07, 6.45) is 7.36. The molecule has 5 heteroatoms. The Kier molecular flexibility index (Phi) is 4.68. The van der Waals surface area contributed by atoms with Crippen LogP contribution in [0, 0.1) is 5.92 Å². The van der Waals surface area contributed by atoms with E-state index in [4.69, 9.17) is 5.73 Å². The highest BCUT2D eigenvalue weighted by Gasteiger charge is 2.41. The first-order valence-corrected chi connectivity index (χ1v) is 7.69. The Morgan fingerprint density at radius 1 is 1.30 bits per heavy atom. The van der Waals surface area contributed by atoms with Gasteiger partial charge in [0.05, 0.1) is 12.0 Å². The van der Waals surface area contributed by atoms with Gasteiger partial charge in [-0.1, -0.05) is 19.3 Å². The van der Waals surface area contributed by atoms with Gasteiger partial charge in [0.25, 0.3) is 0 Å². The molecule has 2 fully saturated rings. The Bertz CT molecular complexity index is 373. The summed E-state index contributed by atoms with van der Waals surface area (Å²) in [6, 6.07) is -0.0598. The van der Waals surface area contributed by atoms with Gasteiger partial charge in [0.2, 0.25) is 5.91 Å². The Morgan fingerprint density at radius 3 is 2.40 bits per heavy atom. The van der Waals surface area contributed by atoms with Crippen molar-refractivity contribution in [2.24, 2.45) is 11.7 Å². The van der Waals surface area contributed by atoms with Gasteiger partial charge < -0.3 is 15.7 Å². The van der Waals surface area contributed by atoms with Crippen LogP contribution in [0.2, 0.25) is 0 Å². The summed E-state index contributed by atoms with van der Waals surface area (Å²) in [5.74, 6) is -0.320. The molecule has 2 rings (SSSR count). The monoisotopic (exact) mass is 282 g/mol. The fourth-order valence-electron chi connectivity index (χ4n) is 3.42. The molecular weight excluding hydrogens is 256 g/mol. The van der Waals surface area contributed by atoms with Gasteiger partial charge >= 0.3 is 5.97 Å². The summed E-state index contributed by atoms with van der Waals surface area (Å²) in [5.41, 5.74) is 5.53. The zero-order chi connectivity index (χ0) is 14.8. The van der Waals surface area contributed by atoms with Gasteiger partial charge in [-0.25, -0.2) is 0 Å². The molecule has 0 aliphatic heterocycles. The molecule has 0 spiro atoms. The van der Waals surface area contributed by atoms with Gasteiger partial charge in [-0.05, 0) is 31.6 Å². The highest BCUT2D eigenvalue weighted by Crippen LogP contribution is 2.37. The highest BCUT2D eigenvalue weighted by molar-refractivity contribution is 5.79.